The zero-order chi connectivity index (χ0) is 42.4. The van der Waals surface area contributed by atoms with Crippen molar-refractivity contribution < 1.29 is 42.6 Å². The van der Waals surface area contributed by atoms with Crippen LogP contribution in [0.25, 0.3) is 66.4 Å². The third kappa shape index (κ3) is 7.06. The monoisotopic (exact) mass is 833 g/mol. The van der Waals surface area contributed by atoms with Crippen molar-refractivity contribution >= 4 is 43.9 Å². The fourth-order valence-corrected chi connectivity index (χ4v) is 5.81. The molecule has 0 amide bonds. The van der Waals surface area contributed by atoms with E-state index in [-0.39, 0.29) is 36.9 Å². The number of furan rings is 2. The van der Waals surface area contributed by atoms with Gasteiger partial charge in [0, 0.05) is 51.6 Å². The van der Waals surface area contributed by atoms with Crippen LogP contribution in [0.5, 0.6) is 0 Å². The van der Waals surface area contributed by atoms with Gasteiger partial charge in [-0.3, -0.25) is 0 Å². The Kier molecular flexibility index (Phi) is 6.45. The Hall–Kier alpha value is -4.31. The van der Waals surface area contributed by atoms with Crippen molar-refractivity contribution in [1.82, 2.24) is 9.97 Å². The predicted molar refractivity (Wildman–Crippen MR) is 199 cm³/mol. The van der Waals surface area contributed by atoms with Crippen LogP contribution in [0.2, 0.25) is 0 Å². The molecular formula is C44H42IrN2O2-2. The van der Waals surface area contributed by atoms with Gasteiger partial charge in [0.05, 0.1) is 16.6 Å². The first kappa shape index (κ1) is 23.9. The number of benzene rings is 4. The van der Waals surface area contributed by atoms with E-state index in [0.29, 0.717) is 44.7 Å². The van der Waals surface area contributed by atoms with Gasteiger partial charge in [0.1, 0.15) is 11.2 Å². The quantitative estimate of drug-likeness (QED) is 0.166. The second-order valence-electron chi connectivity index (χ2n) is 14.0. The molecule has 0 N–H and O–H groups in total. The summed E-state index contributed by atoms with van der Waals surface area (Å²) in [4.78, 5) is 8.72. The number of rotatable bonds is 4. The van der Waals surface area contributed by atoms with Gasteiger partial charge in [-0.15, -0.1) is 48.0 Å². The summed E-state index contributed by atoms with van der Waals surface area (Å²) in [7, 11) is 0. The molecule has 251 valence electrons. The molecule has 0 spiro atoms. The van der Waals surface area contributed by atoms with Crippen LogP contribution in [0.4, 0.5) is 0 Å². The number of nitrogens with zero attached hydrogens (tertiary/aromatic N) is 2. The Morgan fingerprint density at radius 1 is 0.714 bits per heavy atom. The molecule has 4 aromatic heterocycles. The van der Waals surface area contributed by atoms with Crippen LogP contribution < -0.4 is 0 Å². The standard InChI is InChI=1S/C23H14NO2.C21H28N.Ir/c1-12-9-17(24-11-13(12)2)16-7-8-18-20-21-19(25-18)10-14-5-3-4-6-15(14)22(21)26-23(16)20;1-20(2,3)13-17-12-19(16-10-8-7-9-11-16)22-15-18(17)14-21(4,5)6;/h3-6,8-11H,1-2H3;7-10,12,15H,13-14H2,1-6H3;/q2*-1;/i1D3,2D3;13D2,14D2;. The first-order chi connectivity index (χ1) is 26.8. The van der Waals surface area contributed by atoms with Gasteiger partial charge in [-0.05, 0) is 82.2 Å². The van der Waals surface area contributed by atoms with E-state index in [1.165, 1.54) is 12.3 Å². The summed E-state index contributed by atoms with van der Waals surface area (Å²) in [5.41, 5.74) is 3.22. The summed E-state index contributed by atoms with van der Waals surface area (Å²) in [6.07, 6.45) is -0.849. The summed E-state index contributed by atoms with van der Waals surface area (Å²) in [5.74, 6) is 0. The molecule has 0 unspecified atom stereocenters. The van der Waals surface area contributed by atoms with Crippen molar-refractivity contribution in [2.24, 2.45) is 10.8 Å². The first-order valence-electron chi connectivity index (χ1n) is 20.8. The molecule has 0 aliphatic carbocycles. The second kappa shape index (κ2) is 13.2. The van der Waals surface area contributed by atoms with E-state index in [2.05, 4.69) is 22.1 Å². The molecule has 8 aromatic rings. The van der Waals surface area contributed by atoms with Crippen LogP contribution in [0.15, 0.2) is 94.0 Å². The molecule has 0 fully saturated rings. The average Bonchev–Trinajstić information content (AvgIpc) is 3.73. The Morgan fingerprint density at radius 3 is 2.16 bits per heavy atom. The van der Waals surface area contributed by atoms with E-state index in [0.717, 1.165) is 33.3 Å². The third-order valence-corrected chi connectivity index (χ3v) is 7.76. The molecule has 0 aliphatic heterocycles. The summed E-state index contributed by atoms with van der Waals surface area (Å²) in [6, 6.07) is 28.0. The fourth-order valence-electron chi connectivity index (χ4n) is 5.81. The van der Waals surface area contributed by atoms with E-state index in [1.807, 2.05) is 90.1 Å². The van der Waals surface area contributed by atoms with Crippen molar-refractivity contribution in [3.63, 3.8) is 0 Å². The van der Waals surface area contributed by atoms with Gasteiger partial charge in [-0.25, -0.2) is 0 Å². The third-order valence-electron chi connectivity index (χ3n) is 7.76. The molecule has 0 aliphatic rings. The van der Waals surface area contributed by atoms with Crippen LogP contribution in [-0.4, -0.2) is 9.97 Å². The molecule has 4 heterocycles. The molecule has 5 heteroatoms. The number of hydrogen-bond acceptors (Lipinski definition) is 4. The molecular weight excluding hydrogens is 781 g/mol. The van der Waals surface area contributed by atoms with Crippen LogP contribution >= 0.6 is 0 Å². The Balaban J connectivity index is 0.000000200. The summed E-state index contributed by atoms with van der Waals surface area (Å²) >= 11 is 0. The number of hydrogen-bond donors (Lipinski definition) is 0. The van der Waals surface area contributed by atoms with Gasteiger partial charge in [-0.2, -0.15) is 0 Å². The number of pyridine rings is 2. The second-order valence-corrected chi connectivity index (χ2v) is 14.0. The smallest absolute Gasteiger partial charge is 0.132 e. The van der Waals surface area contributed by atoms with Gasteiger partial charge >= 0.3 is 0 Å². The van der Waals surface area contributed by atoms with Crippen molar-refractivity contribution in [3.05, 3.63) is 120 Å². The average molecular weight is 833 g/mol. The topological polar surface area (TPSA) is 52.1 Å². The largest absolute Gasteiger partial charge is 0.500 e. The Morgan fingerprint density at radius 2 is 1.43 bits per heavy atom. The van der Waals surface area contributed by atoms with E-state index >= 15 is 0 Å². The van der Waals surface area contributed by atoms with Gasteiger partial charge in [-0.1, -0.05) is 89.1 Å². The first-order valence-corrected chi connectivity index (χ1v) is 15.8. The molecule has 49 heavy (non-hydrogen) atoms. The van der Waals surface area contributed by atoms with Crippen molar-refractivity contribution in [3.8, 4) is 22.5 Å². The molecule has 0 saturated carbocycles. The van der Waals surface area contributed by atoms with Crippen LogP contribution in [-0.2, 0) is 32.9 Å². The predicted octanol–water partition coefficient (Wildman–Crippen LogP) is 12.1. The van der Waals surface area contributed by atoms with Gasteiger partial charge < -0.3 is 18.8 Å². The van der Waals surface area contributed by atoms with E-state index in [1.54, 1.807) is 18.2 Å². The minimum absolute atomic E-state index is 0. The van der Waals surface area contributed by atoms with E-state index in [9.17, 15) is 0 Å². The zero-order valence-electron chi connectivity index (χ0n) is 38.1. The van der Waals surface area contributed by atoms with Gasteiger partial charge in [0.15, 0.2) is 0 Å². The van der Waals surface area contributed by atoms with Gasteiger partial charge in [0.2, 0.25) is 0 Å². The van der Waals surface area contributed by atoms with Crippen LogP contribution in [0.3, 0.4) is 0 Å². The molecule has 1 radical (unpaired) electrons. The number of aromatic nitrogens is 2. The SMILES string of the molecule is [2H]C([2H])([2H])c1cnc(-c2[c-]cc3oc4cc5ccccc5c5oc2c3c45)cc1C([2H])([2H])[2H].[2H]C([2H])(c1cnc(-c2[c-]cccc2)cc1C([2H])([2H])C(C)(C)C)C(C)(C)C.[Ir]. The zero-order valence-corrected chi connectivity index (χ0v) is 30.5. The summed E-state index contributed by atoms with van der Waals surface area (Å²) in [5, 5.41) is 3.52. The van der Waals surface area contributed by atoms with E-state index in [4.69, 9.17) is 22.5 Å². The Labute approximate surface area is 316 Å². The van der Waals surface area contributed by atoms with Crippen molar-refractivity contribution in [2.75, 3.05) is 0 Å². The van der Waals surface area contributed by atoms with Crippen LogP contribution in [0, 0.1) is 36.7 Å². The molecule has 4 aromatic carbocycles. The number of fused-ring (bicyclic) bond motifs is 2. The number of aryl methyl sites for hydroxylation is 2. The maximum atomic E-state index is 8.77. The molecule has 8 rings (SSSR count). The van der Waals surface area contributed by atoms with Crippen LogP contribution in [0.1, 0.15) is 77.5 Å². The fraction of sp³-hybridized carbons (Fsp3) is 0.273. The summed E-state index contributed by atoms with van der Waals surface area (Å²) in [6.45, 7) is 5.75. The van der Waals surface area contributed by atoms with Gasteiger partial charge in [0.25, 0.3) is 0 Å². The molecule has 0 bridgehead atoms. The maximum Gasteiger partial charge on any atom is 0.132 e. The van der Waals surface area contributed by atoms with E-state index < -0.39 is 37.3 Å². The minimum atomic E-state index is -2.62. The molecule has 0 saturated heterocycles. The summed E-state index contributed by atoms with van der Waals surface area (Å²) < 4.78 is 93.8. The normalized spacial score (nSPS) is 16.2. The van der Waals surface area contributed by atoms with Crippen molar-refractivity contribution in [2.45, 2.75) is 68.0 Å². The minimum Gasteiger partial charge on any atom is -0.500 e. The Bertz CT molecular complexity index is 2790. The van der Waals surface area contributed by atoms with Crippen molar-refractivity contribution in [1.29, 1.82) is 0 Å². The maximum absolute atomic E-state index is 8.77. The molecule has 4 nitrogen and oxygen atoms in total. The molecule has 0 atom stereocenters.